The molecule has 0 unspecified atom stereocenters. The smallest absolute Gasteiger partial charge is 0.410 e. The van der Waals surface area contributed by atoms with E-state index in [1.807, 2.05) is 60.7 Å². The van der Waals surface area contributed by atoms with Gasteiger partial charge in [0.2, 0.25) is 0 Å². The first-order valence-corrected chi connectivity index (χ1v) is 11.8. The van der Waals surface area contributed by atoms with Gasteiger partial charge in [0.1, 0.15) is 12.4 Å². The summed E-state index contributed by atoms with van der Waals surface area (Å²) >= 11 is 0. The number of amides is 1. The molecule has 2 aromatic rings. The molecule has 0 aromatic heterocycles. The number of hydrogen-bond donors (Lipinski definition) is 0. The number of fused-ring (bicyclic) bond motifs is 1. The number of benzene rings is 2. The number of ether oxygens (including phenoxy) is 1. The molecule has 1 fully saturated rings. The topological polar surface area (TPSA) is 72.9 Å². The minimum absolute atomic E-state index is 0.232. The van der Waals surface area contributed by atoms with Gasteiger partial charge in [-0.1, -0.05) is 54.6 Å². The number of carbonyl (C=O) groups is 1. The molecule has 0 radical (unpaired) electrons. The number of nitrogens with zero attached hydrogens (tertiary/aromatic N) is 1. The molecule has 1 amide bonds. The van der Waals surface area contributed by atoms with Gasteiger partial charge in [-0.3, -0.25) is 0 Å². The first-order valence-electron chi connectivity index (χ1n) is 10.00. The summed E-state index contributed by atoms with van der Waals surface area (Å²) in [6, 6.07) is 17.3. The van der Waals surface area contributed by atoms with Gasteiger partial charge in [0, 0.05) is 18.7 Å². The Morgan fingerprint density at radius 1 is 1.03 bits per heavy atom. The molecule has 1 spiro atoms. The maximum atomic E-state index is 12.5. The molecule has 1 saturated heterocycles. The van der Waals surface area contributed by atoms with Crippen LogP contribution in [-0.4, -0.2) is 38.8 Å². The highest BCUT2D eigenvalue weighted by atomic mass is 32.2. The van der Waals surface area contributed by atoms with Crippen molar-refractivity contribution in [2.75, 3.05) is 19.3 Å². The van der Waals surface area contributed by atoms with E-state index >= 15 is 0 Å². The van der Waals surface area contributed by atoms with Crippen LogP contribution in [-0.2, 0) is 32.1 Å². The lowest BCUT2D eigenvalue weighted by atomic mass is 9.70. The summed E-state index contributed by atoms with van der Waals surface area (Å²) in [7, 11) is -3.63. The predicted molar refractivity (Wildman–Crippen MR) is 114 cm³/mol. The standard InChI is InChI=1S/C23H25NO5S/c1-30(26,27)29-21-16-23(15-19-9-5-6-10-20(19)21)11-13-24(14-12-23)22(25)28-17-18-7-3-2-4-8-18/h2-10,16H,11-15,17H2,1H3. The molecule has 1 heterocycles. The SMILES string of the molecule is CS(=O)(=O)OC1=CC2(CCN(C(=O)OCc3ccccc3)CC2)Cc2ccccc21. The van der Waals surface area contributed by atoms with Crippen LogP contribution in [0.25, 0.3) is 5.76 Å². The molecule has 0 atom stereocenters. The molecule has 4 rings (SSSR count). The van der Waals surface area contributed by atoms with Crippen molar-refractivity contribution in [2.45, 2.75) is 25.9 Å². The van der Waals surface area contributed by atoms with E-state index in [-0.39, 0.29) is 18.1 Å². The Morgan fingerprint density at radius 2 is 1.70 bits per heavy atom. The largest absolute Gasteiger partial charge is 0.445 e. The van der Waals surface area contributed by atoms with Crippen molar-refractivity contribution in [2.24, 2.45) is 5.41 Å². The van der Waals surface area contributed by atoms with E-state index < -0.39 is 10.1 Å². The van der Waals surface area contributed by atoms with Gasteiger partial charge in [-0.05, 0) is 41.9 Å². The van der Waals surface area contributed by atoms with Crippen LogP contribution in [0.15, 0.2) is 60.7 Å². The Labute approximate surface area is 177 Å². The van der Waals surface area contributed by atoms with Crippen molar-refractivity contribution in [1.29, 1.82) is 0 Å². The fraction of sp³-hybridized carbons (Fsp3) is 0.348. The van der Waals surface area contributed by atoms with Crippen LogP contribution in [0.1, 0.15) is 29.5 Å². The highest BCUT2D eigenvalue weighted by molar-refractivity contribution is 7.86. The average Bonchev–Trinajstić information content (AvgIpc) is 2.72. The van der Waals surface area contributed by atoms with Crippen LogP contribution in [0, 0.1) is 5.41 Å². The summed E-state index contributed by atoms with van der Waals surface area (Å²) < 4.78 is 34.3. The molecule has 30 heavy (non-hydrogen) atoms. The molecule has 7 heteroatoms. The maximum absolute atomic E-state index is 12.5. The number of likely N-dealkylation sites (tertiary alicyclic amines) is 1. The normalized spacial score (nSPS) is 17.8. The lowest BCUT2D eigenvalue weighted by molar-refractivity contribution is 0.0720. The molecule has 0 saturated carbocycles. The Hall–Kier alpha value is -2.80. The zero-order valence-electron chi connectivity index (χ0n) is 16.9. The van der Waals surface area contributed by atoms with Gasteiger partial charge in [-0.15, -0.1) is 0 Å². The Bertz CT molecular complexity index is 1050. The van der Waals surface area contributed by atoms with Crippen molar-refractivity contribution in [3.05, 3.63) is 77.4 Å². The van der Waals surface area contributed by atoms with Gasteiger partial charge in [0.05, 0.1) is 6.26 Å². The second-order valence-electron chi connectivity index (χ2n) is 8.02. The van der Waals surface area contributed by atoms with Crippen LogP contribution in [0.4, 0.5) is 4.79 Å². The molecule has 1 aliphatic carbocycles. The summed E-state index contributed by atoms with van der Waals surface area (Å²) in [5, 5.41) is 0. The third-order valence-electron chi connectivity index (χ3n) is 5.73. The summed E-state index contributed by atoms with van der Waals surface area (Å²) in [6.07, 6.45) is 4.93. The Balaban J connectivity index is 1.45. The van der Waals surface area contributed by atoms with Gasteiger partial charge in [-0.25, -0.2) is 4.79 Å². The highest BCUT2D eigenvalue weighted by Crippen LogP contribution is 2.44. The third-order valence-corrected chi connectivity index (χ3v) is 6.21. The highest BCUT2D eigenvalue weighted by Gasteiger charge is 2.39. The zero-order valence-corrected chi connectivity index (χ0v) is 17.7. The molecular weight excluding hydrogens is 402 g/mol. The Morgan fingerprint density at radius 3 is 2.40 bits per heavy atom. The summed E-state index contributed by atoms with van der Waals surface area (Å²) in [4.78, 5) is 14.2. The fourth-order valence-electron chi connectivity index (χ4n) is 4.20. The molecule has 0 bridgehead atoms. The number of rotatable bonds is 4. The van der Waals surface area contributed by atoms with Gasteiger partial charge in [-0.2, -0.15) is 8.42 Å². The maximum Gasteiger partial charge on any atom is 0.410 e. The zero-order chi connectivity index (χ0) is 21.2. The van der Waals surface area contributed by atoms with Crippen LogP contribution in [0.2, 0.25) is 0 Å². The van der Waals surface area contributed by atoms with E-state index in [1.54, 1.807) is 4.90 Å². The van der Waals surface area contributed by atoms with Crippen LogP contribution in [0.5, 0.6) is 0 Å². The van der Waals surface area contributed by atoms with E-state index in [4.69, 9.17) is 8.92 Å². The van der Waals surface area contributed by atoms with Gasteiger partial charge in [0.15, 0.2) is 0 Å². The van der Waals surface area contributed by atoms with Crippen LogP contribution in [0.3, 0.4) is 0 Å². The van der Waals surface area contributed by atoms with E-state index in [2.05, 4.69) is 0 Å². The molecule has 158 valence electrons. The van der Waals surface area contributed by atoms with E-state index in [0.717, 1.165) is 42.2 Å². The molecule has 2 aromatic carbocycles. The second kappa shape index (κ2) is 8.14. The molecule has 6 nitrogen and oxygen atoms in total. The molecular formula is C23H25NO5S. The van der Waals surface area contributed by atoms with Crippen LogP contribution >= 0.6 is 0 Å². The van der Waals surface area contributed by atoms with E-state index in [0.29, 0.717) is 18.8 Å². The Kier molecular flexibility index (Phi) is 5.56. The van der Waals surface area contributed by atoms with Crippen molar-refractivity contribution in [1.82, 2.24) is 4.90 Å². The third kappa shape index (κ3) is 4.67. The predicted octanol–water partition coefficient (Wildman–Crippen LogP) is 3.98. The molecule has 0 N–H and O–H groups in total. The lowest BCUT2D eigenvalue weighted by Gasteiger charge is -2.42. The summed E-state index contributed by atoms with van der Waals surface area (Å²) in [5.74, 6) is 0.388. The quantitative estimate of drug-likeness (QED) is 0.690. The number of hydrogen-bond acceptors (Lipinski definition) is 5. The number of carbonyl (C=O) groups excluding carboxylic acids is 1. The number of piperidine rings is 1. The number of allylic oxidation sites excluding steroid dienone is 1. The van der Waals surface area contributed by atoms with Crippen molar-refractivity contribution >= 4 is 22.0 Å². The first-order chi connectivity index (χ1) is 14.3. The fourth-order valence-corrected chi connectivity index (χ4v) is 4.66. The van der Waals surface area contributed by atoms with Crippen molar-refractivity contribution in [3.63, 3.8) is 0 Å². The van der Waals surface area contributed by atoms with Gasteiger partial charge < -0.3 is 13.8 Å². The summed E-state index contributed by atoms with van der Waals surface area (Å²) in [5.41, 5.74) is 2.61. The second-order valence-corrected chi connectivity index (χ2v) is 9.59. The molecule has 2 aliphatic rings. The van der Waals surface area contributed by atoms with E-state index in [1.165, 1.54) is 0 Å². The summed E-state index contributed by atoms with van der Waals surface area (Å²) in [6.45, 7) is 1.36. The van der Waals surface area contributed by atoms with Gasteiger partial charge >= 0.3 is 16.2 Å². The minimum Gasteiger partial charge on any atom is -0.445 e. The average molecular weight is 428 g/mol. The van der Waals surface area contributed by atoms with Crippen molar-refractivity contribution < 1.29 is 22.1 Å². The van der Waals surface area contributed by atoms with Crippen LogP contribution < -0.4 is 0 Å². The van der Waals surface area contributed by atoms with Crippen molar-refractivity contribution in [3.8, 4) is 0 Å². The van der Waals surface area contributed by atoms with E-state index in [9.17, 15) is 13.2 Å². The monoisotopic (exact) mass is 427 g/mol. The lowest BCUT2D eigenvalue weighted by Crippen LogP contribution is -2.44. The minimum atomic E-state index is -3.63. The van der Waals surface area contributed by atoms with Gasteiger partial charge in [0.25, 0.3) is 0 Å². The first kappa shape index (κ1) is 20.5. The molecule has 1 aliphatic heterocycles.